The van der Waals surface area contributed by atoms with Crippen LogP contribution in [-0.2, 0) is 0 Å². The highest BCUT2D eigenvalue weighted by molar-refractivity contribution is 5.95. The quantitative estimate of drug-likeness (QED) is 0.356. The summed E-state index contributed by atoms with van der Waals surface area (Å²) in [6.07, 6.45) is -3.22. The van der Waals surface area contributed by atoms with Crippen LogP contribution in [0.4, 0.5) is 13.2 Å². The Balaban J connectivity index is 2.76. The normalized spacial score (nSPS) is 12.6. The molecule has 0 saturated heterocycles. The fourth-order valence-corrected chi connectivity index (χ4v) is 0.857. The fraction of sp³-hybridized carbons (Fsp3) is 0.250. The van der Waals surface area contributed by atoms with Gasteiger partial charge < -0.3 is 15.7 Å². The van der Waals surface area contributed by atoms with Gasteiger partial charge in [-0.25, -0.2) is 0 Å². The Morgan fingerprint density at radius 3 is 2.81 bits per heavy atom. The largest absolute Gasteiger partial charge is 0.484 e. The minimum absolute atomic E-state index is 0.0298. The monoisotopic (exact) mass is 235 g/mol. The zero-order chi connectivity index (χ0) is 12.2. The molecule has 5 nitrogen and oxygen atoms in total. The number of halogens is 3. The Bertz CT molecular complexity index is 392. The summed E-state index contributed by atoms with van der Waals surface area (Å²) in [6, 6.07) is 2.38. The first-order valence-electron chi connectivity index (χ1n) is 4.06. The van der Waals surface area contributed by atoms with Gasteiger partial charge in [-0.2, -0.15) is 13.2 Å². The van der Waals surface area contributed by atoms with Crippen LogP contribution in [0.2, 0.25) is 0 Å². The number of alkyl halides is 3. The molecule has 0 radical (unpaired) electrons. The molecule has 0 aromatic carbocycles. The Morgan fingerprint density at radius 2 is 2.25 bits per heavy atom. The Morgan fingerprint density at radius 1 is 1.56 bits per heavy atom. The molecule has 1 heterocycles. The summed E-state index contributed by atoms with van der Waals surface area (Å²) in [6.45, 7) is -1.41. The van der Waals surface area contributed by atoms with Gasteiger partial charge in [0.05, 0.1) is 0 Å². The molecular formula is C8H8F3N3O2. The van der Waals surface area contributed by atoms with E-state index >= 15 is 0 Å². The highest BCUT2D eigenvalue weighted by Crippen LogP contribution is 2.18. The van der Waals surface area contributed by atoms with E-state index in [-0.39, 0.29) is 17.3 Å². The molecule has 1 aromatic heterocycles. The summed E-state index contributed by atoms with van der Waals surface area (Å²) in [5, 5.41) is 11.0. The lowest BCUT2D eigenvalue weighted by atomic mass is 10.3. The number of ether oxygens (including phenoxy) is 1. The van der Waals surface area contributed by atoms with Gasteiger partial charge in [-0.1, -0.05) is 5.16 Å². The van der Waals surface area contributed by atoms with Gasteiger partial charge >= 0.3 is 6.18 Å². The van der Waals surface area contributed by atoms with E-state index in [0.717, 1.165) is 6.07 Å². The maximum atomic E-state index is 11.8. The van der Waals surface area contributed by atoms with E-state index in [1.54, 1.807) is 0 Å². The molecule has 0 spiro atoms. The summed E-state index contributed by atoms with van der Waals surface area (Å²) >= 11 is 0. The van der Waals surface area contributed by atoms with E-state index in [2.05, 4.69) is 14.9 Å². The van der Waals surface area contributed by atoms with Gasteiger partial charge in [0.2, 0.25) is 0 Å². The third kappa shape index (κ3) is 3.64. The molecule has 1 aromatic rings. The van der Waals surface area contributed by atoms with Crippen molar-refractivity contribution in [3.05, 3.63) is 24.0 Å². The van der Waals surface area contributed by atoms with Crippen molar-refractivity contribution < 1.29 is 23.1 Å². The van der Waals surface area contributed by atoms with Crippen LogP contribution in [0.15, 0.2) is 23.5 Å². The van der Waals surface area contributed by atoms with Crippen molar-refractivity contribution in [2.24, 2.45) is 10.9 Å². The molecular weight excluding hydrogens is 227 g/mol. The van der Waals surface area contributed by atoms with Crippen LogP contribution in [0.1, 0.15) is 5.69 Å². The topological polar surface area (TPSA) is 80.7 Å². The lowest BCUT2D eigenvalue weighted by Gasteiger charge is -2.09. The first-order valence-corrected chi connectivity index (χ1v) is 4.06. The second-order valence-corrected chi connectivity index (χ2v) is 2.77. The Kier molecular flexibility index (Phi) is 3.54. The number of nitrogens with two attached hydrogens (primary N) is 1. The number of rotatable bonds is 3. The molecule has 8 heteroatoms. The third-order valence-corrected chi connectivity index (χ3v) is 1.50. The van der Waals surface area contributed by atoms with E-state index in [1.807, 2.05) is 0 Å². The molecule has 0 fully saturated rings. The molecule has 0 amide bonds. The van der Waals surface area contributed by atoms with Crippen LogP contribution in [0.5, 0.6) is 5.75 Å². The van der Waals surface area contributed by atoms with Crippen LogP contribution >= 0.6 is 0 Å². The van der Waals surface area contributed by atoms with E-state index in [9.17, 15) is 13.2 Å². The molecule has 0 aliphatic rings. The van der Waals surface area contributed by atoms with E-state index < -0.39 is 12.8 Å². The van der Waals surface area contributed by atoms with Crippen LogP contribution in [-0.4, -0.2) is 28.8 Å². The molecule has 3 N–H and O–H groups in total. The van der Waals surface area contributed by atoms with Gasteiger partial charge in [0.15, 0.2) is 12.4 Å². The summed E-state index contributed by atoms with van der Waals surface area (Å²) < 4.78 is 40.0. The van der Waals surface area contributed by atoms with Crippen LogP contribution in [0.3, 0.4) is 0 Å². The minimum Gasteiger partial charge on any atom is -0.484 e. The van der Waals surface area contributed by atoms with Crippen molar-refractivity contribution in [3.8, 4) is 5.75 Å². The minimum atomic E-state index is -4.42. The number of oxime groups is 1. The van der Waals surface area contributed by atoms with Crippen LogP contribution in [0, 0.1) is 0 Å². The highest BCUT2D eigenvalue weighted by Gasteiger charge is 2.28. The molecule has 88 valence electrons. The summed E-state index contributed by atoms with van der Waals surface area (Å²) in [5.74, 6) is -0.369. The van der Waals surface area contributed by atoms with Crippen molar-refractivity contribution in [1.82, 2.24) is 4.98 Å². The molecule has 0 aliphatic carbocycles. The van der Waals surface area contributed by atoms with Crippen molar-refractivity contribution in [2.45, 2.75) is 6.18 Å². The number of aromatic nitrogens is 1. The van der Waals surface area contributed by atoms with Crippen molar-refractivity contribution >= 4 is 5.84 Å². The molecule has 0 atom stereocenters. The summed E-state index contributed by atoms with van der Waals surface area (Å²) in [5.41, 5.74) is 5.23. The van der Waals surface area contributed by atoms with Crippen LogP contribution < -0.4 is 10.5 Å². The average Bonchev–Trinajstić information content (AvgIpc) is 2.25. The standard InChI is InChI=1S/C8H8F3N3O2/c9-8(10,11)4-16-5-1-2-13-6(3-5)7(12)14-15/h1-3,15H,4H2,(H2,12,14). The smallest absolute Gasteiger partial charge is 0.422 e. The van der Waals surface area contributed by atoms with Gasteiger partial charge in [0.1, 0.15) is 11.4 Å². The summed E-state index contributed by atoms with van der Waals surface area (Å²) in [4.78, 5) is 3.68. The molecule has 0 unspecified atom stereocenters. The number of hydrogen-bond acceptors (Lipinski definition) is 4. The molecule has 16 heavy (non-hydrogen) atoms. The van der Waals surface area contributed by atoms with Gasteiger partial charge in [-0.05, 0) is 6.07 Å². The number of nitrogens with zero attached hydrogens (tertiary/aromatic N) is 2. The number of hydrogen-bond donors (Lipinski definition) is 2. The lowest BCUT2D eigenvalue weighted by molar-refractivity contribution is -0.153. The zero-order valence-electron chi connectivity index (χ0n) is 7.90. The Labute approximate surface area is 88.3 Å². The van der Waals surface area contributed by atoms with E-state index in [4.69, 9.17) is 10.9 Å². The van der Waals surface area contributed by atoms with Gasteiger partial charge in [0.25, 0.3) is 0 Å². The first kappa shape index (κ1) is 12.1. The molecule has 1 rings (SSSR count). The first-order chi connectivity index (χ1) is 7.42. The fourth-order valence-electron chi connectivity index (χ4n) is 0.857. The van der Waals surface area contributed by atoms with E-state index in [1.165, 1.54) is 12.3 Å². The maximum Gasteiger partial charge on any atom is 0.422 e. The van der Waals surface area contributed by atoms with E-state index in [0.29, 0.717) is 0 Å². The molecule has 0 aliphatic heterocycles. The number of pyridine rings is 1. The van der Waals surface area contributed by atoms with Crippen molar-refractivity contribution in [2.75, 3.05) is 6.61 Å². The maximum absolute atomic E-state index is 11.8. The second-order valence-electron chi connectivity index (χ2n) is 2.77. The summed E-state index contributed by atoms with van der Waals surface area (Å²) in [7, 11) is 0. The zero-order valence-corrected chi connectivity index (χ0v) is 7.90. The van der Waals surface area contributed by atoms with Crippen LogP contribution in [0.25, 0.3) is 0 Å². The van der Waals surface area contributed by atoms with Crippen molar-refractivity contribution in [3.63, 3.8) is 0 Å². The molecule has 0 bridgehead atoms. The van der Waals surface area contributed by atoms with Crippen molar-refractivity contribution in [1.29, 1.82) is 0 Å². The predicted octanol–water partition coefficient (Wildman–Crippen LogP) is 1.12. The van der Waals surface area contributed by atoms with Gasteiger partial charge in [-0.3, -0.25) is 4.98 Å². The predicted molar refractivity (Wildman–Crippen MR) is 48.3 cm³/mol. The van der Waals surface area contributed by atoms with Gasteiger partial charge in [0, 0.05) is 12.3 Å². The molecule has 0 saturated carbocycles. The van der Waals surface area contributed by atoms with Gasteiger partial charge in [-0.15, -0.1) is 0 Å². The highest BCUT2D eigenvalue weighted by atomic mass is 19.4. The Hall–Kier alpha value is -1.99. The SMILES string of the molecule is NC(=NO)c1cc(OCC(F)(F)F)ccn1. The second kappa shape index (κ2) is 4.69. The average molecular weight is 235 g/mol. The lowest BCUT2D eigenvalue weighted by Crippen LogP contribution is -2.20. The number of amidine groups is 1. The third-order valence-electron chi connectivity index (χ3n) is 1.50.